The summed E-state index contributed by atoms with van der Waals surface area (Å²) in [5, 5.41) is 9.65. The van der Waals surface area contributed by atoms with E-state index >= 15 is 0 Å². The van der Waals surface area contributed by atoms with Crippen LogP contribution in [0.3, 0.4) is 0 Å². The molecule has 1 aliphatic rings. The van der Waals surface area contributed by atoms with Gasteiger partial charge in [-0.25, -0.2) is 20.3 Å². The second kappa shape index (κ2) is 7.97. The van der Waals surface area contributed by atoms with Crippen molar-refractivity contribution in [3.63, 3.8) is 0 Å². The van der Waals surface area contributed by atoms with Gasteiger partial charge in [-0.2, -0.15) is 5.10 Å². The van der Waals surface area contributed by atoms with Crippen LogP contribution in [0.15, 0.2) is 53.5 Å². The summed E-state index contributed by atoms with van der Waals surface area (Å²) in [7, 11) is 0. The van der Waals surface area contributed by atoms with Crippen LogP contribution in [0.4, 0.5) is 10.6 Å². The summed E-state index contributed by atoms with van der Waals surface area (Å²) in [4.78, 5) is 42.7. The first-order valence-corrected chi connectivity index (χ1v) is 9.12. The van der Waals surface area contributed by atoms with Gasteiger partial charge in [-0.1, -0.05) is 24.3 Å². The van der Waals surface area contributed by atoms with Crippen molar-refractivity contribution in [1.82, 2.24) is 31.3 Å². The summed E-state index contributed by atoms with van der Waals surface area (Å²) >= 11 is 0. The Morgan fingerprint density at radius 1 is 1.07 bits per heavy atom. The highest BCUT2D eigenvalue weighted by atomic mass is 16.2. The van der Waals surface area contributed by atoms with Crippen LogP contribution in [-0.2, 0) is 0 Å². The normalized spacial score (nSPS) is 15.9. The lowest BCUT2D eigenvalue weighted by atomic mass is 10.1. The summed E-state index contributed by atoms with van der Waals surface area (Å²) in [6, 6.07) is 11.7. The number of nitrogens with zero attached hydrogens (tertiary/aromatic N) is 3. The summed E-state index contributed by atoms with van der Waals surface area (Å²) in [5.74, 6) is 0.232. The van der Waals surface area contributed by atoms with Crippen LogP contribution >= 0.6 is 0 Å². The number of anilines is 1. The van der Waals surface area contributed by atoms with E-state index in [1.165, 1.54) is 0 Å². The topological polar surface area (TPSA) is 132 Å². The number of amides is 3. The van der Waals surface area contributed by atoms with Crippen molar-refractivity contribution < 1.29 is 9.59 Å². The molecule has 1 aromatic carbocycles. The summed E-state index contributed by atoms with van der Waals surface area (Å²) in [6.45, 7) is 1.41. The molecule has 29 heavy (non-hydrogen) atoms. The van der Waals surface area contributed by atoms with E-state index < -0.39 is 11.9 Å². The van der Waals surface area contributed by atoms with Gasteiger partial charge in [-0.15, -0.1) is 0 Å². The van der Waals surface area contributed by atoms with Crippen molar-refractivity contribution in [2.24, 2.45) is 0 Å². The lowest BCUT2D eigenvalue weighted by molar-refractivity contribution is 0.0931. The Hall–Kier alpha value is -3.95. The number of nitrogens with one attached hydrogen (secondary N) is 4. The summed E-state index contributed by atoms with van der Waals surface area (Å²) in [6.07, 6.45) is 2.50. The highest BCUT2D eigenvalue weighted by Crippen LogP contribution is 2.17. The second-order valence-electron chi connectivity index (χ2n) is 6.62. The van der Waals surface area contributed by atoms with Crippen molar-refractivity contribution in [3.05, 3.63) is 64.7 Å². The van der Waals surface area contributed by atoms with Crippen LogP contribution < -0.4 is 26.6 Å². The van der Waals surface area contributed by atoms with Crippen LogP contribution in [0, 0.1) is 0 Å². The molecule has 2 aromatic heterocycles. The molecule has 1 aliphatic heterocycles. The highest BCUT2D eigenvalue weighted by Gasteiger charge is 2.25. The number of carbonyl (C=O) groups excluding carboxylic acids is 2. The van der Waals surface area contributed by atoms with Gasteiger partial charge >= 0.3 is 6.03 Å². The van der Waals surface area contributed by atoms with E-state index in [1.54, 1.807) is 30.5 Å². The molecule has 4 rings (SSSR count). The molecule has 4 N–H and O–H groups in total. The Bertz CT molecular complexity index is 1100. The van der Waals surface area contributed by atoms with E-state index in [-0.39, 0.29) is 17.3 Å². The molecule has 1 atom stereocenters. The molecule has 0 bridgehead atoms. The fourth-order valence-electron chi connectivity index (χ4n) is 3.31. The first-order valence-electron chi connectivity index (χ1n) is 9.12. The molecule has 3 amide bonds. The molecule has 3 aromatic rings. The predicted octanol–water partition coefficient (Wildman–Crippen LogP) is 0.541. The Kier molecular flexibility index (Phi) is 5.06. The average Bonchev–Trinajstić information content (AvgIpc) is 3.21. The van der Waals surface area contributed by atoms with Crippen LogP contribution in [0.25, 0.3) is 10.8 Å². The molecule has 0 radical (unpaired) electrons. The van der Waals surface area contributed by atoms with E-state index in [2.05, 4.69) is 36.2 Å². The molecule has 148 valence electrons. The van der Waals surface area contributed by atoms with Crippen molar-refractivity contribution >= 4 is 28.5 Å². The van der Waals surface area contributed by atoms with Gasteiger partial charge in [0.05, 0.1) is 5.39 Å². The molecule has 10 heteroatoms. The Balaban J connectivity index is 1.33. The molecule has 3 heterocycles. The second-order valence-corrected chi connectivity index (χ2v) is 6.62. The summed E-state index contributed by atoms with van der Waals surface area (Å²) in [5.41, 5.74) is 4.27. The maximum Gasteiger partial charge on any atom is 0.333 e. The first-order chi connectivity index (χ1) is 14.1. The molecule has 0 spiro atoms. The number of urea groups is 1. The Morgan fingerprint density at radius 3 is 2.66 bits per heavy atom. The maximum absolute atomic E-state index is 12.4. The number of carbonyl (C=O) groups is 2. The fourth-order valence-corrected chi connectivity index (χ4v) is 3.31. The molecule has 0 aliphatic carbocycles. The van der Waals surface area contributed by atoms with Crippen LogP contribution in [0.2, 0.25) is 0 Å². The SMILES string of the molecule is O=C(NNC(=O)c1n[nH]c(=O)c2ccccc12)NC1CCN(c2ccccn2)C1. The van der Waals surface area contributed by atoms with Gasteiger partial charge in [0.1, 0.15) is 5.82 Å². The number of benzene rings is 1. The van der Waals surface area contributed by atoms with Gasteiger partial charge in [0.25, 0.3) is 11.5 Å². The highest BCUT2D eigenvalue weighted by molar-refractivity contribution is 6.05. The molecular weight excluding hydrogens is 374 g/mol. The Morgan fingerprint density at radius 2 is 1.86 bits per heavy atom. The van der Waals surface area contributed by atoms with Gasteiger partial charge in [0.2, 0.25) is 0 Å². The number of rotatable bonds is 3. The number of hydrogen-bond acceptors (Lipinski definition) is 6. The van der Waals surface area contributed by atoms with Gasteiger partial charge in [0, 0.05) is 30.7 Å². The molecule has 1 unspecified atom stereocenters. The third kappa shape index (κ3) is 4.00. The zero-order valence-electron chi connectivity index (χ0n) is 15.4. The first kappa shape index (κ1) is 18.4. The molecule has 1 fully saturated rings. The van der Waals surface area contributed by atoms with Gasteiger partial charge in [0.15, 0.2) is 5.69 Å². The zero-order chi connectivity index (χ0) is 20.2. The lowest BCUT2D eigenvalue weighted by Crippen LogP contribution is -2.50. The van der Waals surface area contributed by atoms with E-state index in [9.17, 15) is 14.4 Å². The minimum absolute atomic E-state index is 0.0164. The van der Waals surface area contributed by atoms with E-state index in [0.29, 0.717) is 17.3 Å². The van der Waals surface area contributed by atoms with Crippen molar-refractivity contribution in [2.45, 2.75) is 12.5 Å². The number of aromatic nitrogens is 3. The lowest BCUT2D eigenvalue weighted by Gasteiger charge is -2.18. The molecule has 10 nitrogen and oxygen atoms in total. The largest absolute Gasteiger partial charge is 0.354 e. The zero-order valence-corrected chi connectivity index (χ0v) is 15.4. The third-order valence-corrected chi connectivity index (χ3v) is 4.70. The molecular formula is C19H19N7O3. The van der Waals surface area contributed by atoms with E-state index in [4.69, 9.17) is 0 Å². The maximum atomic E-state index is 12.4. The molecule has 1 saturated heterocycles. The standard InChI is InChI=1S/C19H19N7O3/c27-17-14-6-2-1-5-13(14)16(22-23-17)18(28)24-25-19(29)21-12-8-10-26(11-12)15-7-3-4-9-20-15/h1-7,9,12H,8,10-11H2,(H,23,27)(H,24,28)(H2,21,25,29). The monoisotopic (exact) mass is 393 g/mol. The quantitative estimate of drug-likeness (QED) is 0.480. The average molecular weight is 393 g/mol. The fraction of sp³-hybridized carbons (Fsp3) is 0.211. The number of fused-ring (bicyclic) bond motifs is 1. The smallest absolute Gasteiger partial charge is 0.333 e. The van der Waals surface area contributed by atoms with Crippen molar-refractivity contribution in [2.75, 3.05) is 18.0 Å². The van der Waals surface area contributed by atoms with E-state index in [1.807, 2.05) is 18.2 Å². The number of H-pyrrole nitrogens is 1. The summed E-state index contributed by atoms with van der Waals surface area (Å²) < 4.78 is 0. The number of hydrazine groups is 1. The predicted molar refractivity (Wildman–Crippen MR) is 106 cm³/mol. The van der Waals surface area contributed by atoms with Crippen molar-refractivity contribution in [3.8, 4) is 0 Å². The third-order valence-electron chi connectivity index (χ3n) is 4.70. The van der Waals surface area contributed by atoms with Gasteiger partial charge in [-0.3, -0.25) is 15.0 Å². The number of hydrogen-bond donors (Lipinski definition) is 4. The minimum Gasteiger partial charge on any atom is -0.354 e. The van der Waals surface area contributed by atoms with E-state index in [0.717, 1.165) is 18.8 Å². The van der Waals surface area contributed by atoms with Crippen LogP contribution in [0.5, 0.6) is 0 Å². The van der Waals surface area contributed by atoms with Gasteiger partial charge in [-0.05, 0) is 24.6 Å². The minimum atomic E-state index is -0.630. The number of aromatic amines is 1. The Labute approximate surface area is 165 Å². The number of pyridine rings is 1. The van der Waals surface area contributed by atoms with Crippen LogP contribution in [0.1, 0.15) is 16.9 Å². The van der Waals surface area contributed by atoms with Crippen LogP contribution in [-0.4, -0.2) is 46.3 Å². The molecule has 0 saturated carbocycles. The van der Waals surface area contributed by atoms with Crippen molar-refractivity contribution in [1.29, 1.82) is 0 Å². The van der Waals surface area contributed by atoms with Gasteiger partial charge < -0.3 is 10.2 Å².